The van der Waals surface area contributed by atoms with Gasteiger partial charge in [0.25, 0.3) is 0 Å². The number of benzene rings is 1. The fourth-order valence-corrected chi connectivity index (χ4v) is 4.60. The monoisotopic (exact) mass is 391 g/mol. The van der Waals surface area contributed by atoms with Gasteiger partial charge in [-0.3, -0.25) is 4.79 Å². The first kappa shape index (κ1) is 20.8. The molecule has 2 fully saturated rings. The van der Waals surface area contributed by atoms with Crippen LogP contribution in [-0.4, -0.2) is 58.3 Å². The molecule has 156 valence electrons. The smallest absolute Gasteiger partial charge is 0.231 e. The third-order valence-corrected chi connectivity index (χ3v) is 6.06. The van der Waals surface area contributed by atoms with Crippen LogP contribution < -0.4 is 19.1 Å². The highest BCUT2D eigenvalue weighted by Gasteiger charge is 2.32. The molecule has 0 aliphatic carbocycles. The molecule has 2 atom stereocenters. The summed E-state index contributed by atoms with van der Waals surface area (Å²) < 4.78 is 16.4. The van der Waals surface area contributed by atoms with Gasteiger partial charge >= 0.3 is 0 Å². The van der Waals surface area contributed by atoms with Crippen LogP contribution in [-0.2, 0) is 11.3 Å². The molecule has 2 aliphatic rings. The number of hydrogen-bond donors (Lipinski definition) is 1. The number of hydrogen-bond acceptors (Lipinski definition) is 4. The minimum absolute atomic E-state index is 0.156. The highest BCUT2D eigenvalue weighted by molar-refractivity contribution is 5.79. The molecule has 1 aromatic carbocycles. The Balaban J connectivity index is 1.67. The highest BCUT2D eigenvalue weighted by atomic mass is 16.5. The van der Waals surface area contributed by atoms with Crippen molar-refractivity contribution in [2.75, 3.05) is 47.5 Å². The molecular formula is C22H35N2O4+. The first-order chi connectivity index (χ1) is 13.7. The molecule has 0 spiro atoms. The van der Waals surface area contributed by atoms with Gasteiger partial charge in [-0.25, -0.2) is 0 Å². The lowest BCUT2D eigenvalue weighted by molar-refractivity contribution is -0.921. The molecule has 2 aliphatic heterocycles. The van der Waals surface area contributed by atoms with E-state index in [1.165, 1.54) is 17.7 Å². The van der Waals surface area contributed by atoms with Gasteiger partial charge in [-0.05, 0) is 37.8 Å². The molecule has 1 N–H and O–H groups in total. The van der Waals surface area contributed by atoms with E-state index in [4.69, 9.17) is 14.2 Å². The number of amides is 1. The van der Waals surface area contributed by atoms with E-state index in [2.05, 4.69) is 4.90 Å². The number of quaternary nitrogens is 1. The Labute approximate surface area is 168 Å². The molecule has 6 heteroatoms. The van der Waals surface area contributed by atoms with Crippen molar-refractivity contribution < 1.29 is 23.9 Å². The third-order valence-electron chi connectivity index (χ3n) is 6.06. The fraction of sp³-hybridized carbons (Fsp3) is 0.682. The zero-order valence-corrected chi connectivity index (χ0v) is 17.6. The number of rotatable bonds is 6. The summed E-state index contributed by atoms with van der Waals surface area (Å²) in [7, 11) is 4.91. The molecule has 2 heterocycles. The average molecular weight is 392 g/mol. The minimum atomic E-state index is 0.156. The van der Waals surface area contributed by atoms with Crippen molar-refractivity contribution in [2.45, 2.75) is 45.1 Å². The first-order valence-corrected chi connectivity index (χ1v) is 10.6. The predicted molar refractivity (Wildman–Crippen MR) is 108 cm³/mol. The number of piperidine rings is 1. The van der Waals surface area contributed by atoms with Crippen LogP contribution in [0.15, 0.2) is 12.1 Å². The Bertz CT molecular complexity index is 631. The van der Waals surface area contributed by atoms with Gasteiger partial charge in [0.15, 0.2) is 11.5 Å². The number of nitrogens with one attached hydrogen (secondary N) is 1. The van der Waals surface area contributed by atoms with E-state index in [1.54, 1.807) is 21.3 Å². The molecular weight excluding hydrogens is 356 g/mol. The summed E-state index contributed by atoms with van der Waals surface area (Å²) in [6.45, 7) is 4.75. The van der Waals surface area contributed by atoms with Crippen LogP contribution in [0.2, 0.25) is 0 Å². The van der Waals surface area contributed by atoms with E-state index in [0.29, 0.717) is 23.2 Å². The fourth-order valence-electron chi connectivity index (χ4n) is 4.60. The van der Waals surface area contributed by atoms with E-state index in [1.807, 2.05) is 12.1 Å². The van der Waals surface area contributed by atoms with Crippen LogP contribution >= 0.6 is 0 Å². The molecule has 2 unspecified atom stereocenters. The predicted octanol–water partition coefficient (Wildman–Crippen LogP) is 1.91. The van der Waals surface area contributed by atoms with Crippen LogP contribution in [0.25, 0.3) is 0 Å². The molecule has 1 amide bonds. The SMILES string of the molecule is COc1cc(C[NH+]2CCCC(C(=O)N3CCCCCC3)C2)cc(OC)c1OC. The van der Waals surface area contributed by atoms with Gasteiger partial charge in [-0.1, -0.05) is 12.8 Å². The van der Waals surface area contributed by atoms with Crippen LogP contribution in [0.3, 0.4) is 0 Å². The normalized spacial score (nSPS) is 23.0. The van der Waals surface area contributed by atoms with Crippen molar-refractivity contribution in [3.8, 4) is 17.2 Å². The lowest BCUT2D eigenvalue weighted by atomic mass is 9.95. The van der Waals surface area contributed by atoms with Gasteiger partial charge in [0, 0.05) is 18.7 Å². The molecule has 0 saturated carbocycles. The quantitative estimate of drug-likeness (QED) is 0.805. The highest BCUT2D eigenvalue weighted by Crippen LogP contribution is 2.38. The number of ether oxygens (including phenoxy) is 3. The Hall–Kier alpha value is -1.95. The minimum Gasteiger partial charge on any atom is -0.493 e. The third kappa shape index (κ3) is 4.90. The van der Waals surface area contributed by atoms with Crippen LogP contribution in [0.1, 0.15) is 44.1 Å². The van der Waals surface area contributed by atoms with Crippen molar-refractivity contribution in [1.29, 1.82) is 0 Å². The number of methoxy groups -OCH3 is 3. The van der Waals surface area contributed by atoms with Gasteiger partial charge in [-0.15, -0.1) is 0 Å². The number of carbonyl (C=O) groups is 1. The van der Waals surface area contributed by atoms with E-state index in [9.17, 15) is 4.79 Å². The van der Waals surface area contributed by atoms with E-state index in [0.717, 1.165) is 64.0 Å². The Morgan fingerprint density at radius 1 is 1.00 bits per heavy atom. The number of likely N-dealkylation sites (tertiary alicyclic amines) is 2. The van der Waals surface area contributed by atoms with E-state index < -0.39 is 0 Å². The van der Waals surface area contributed by atoms with Crippen LogP contribution in [0.5, 0.6) is 17.2 Å². The zero-order chi connectivity index (χ0) is 19.9. The van der Waals surface area contributed by atoms with Crippen LogP contribution in [0, 0.1) is 5.92 Å². The molecule has 1 aromatic rings. The lowest BCUT2D eigenvalue weighted by Gasteiger charge is -2.32. The van der Waals surface area contributed by atoms with Crippen molar-refractivity contribution in [1.82, 2.24) is 4.90 Å². The second-order valence-electron chi connectivity index (χ2n) is 7.99. The maximum absolute atomic E-state index is 13.0. The molecule has 28 heavy (non-hydrogen) atoms. The second-order valence-corrected chi connectivity index (χ2v) is 7.99. The molecule has 0 bridgehead atoms. The Morgan fingerprint density at radius 2 is 1.64 bits per heavy atom. The topological polar surface area (TPSA) is 52.4 Å². The largest absolute Gasteiger partial charge is 0.493 e. The van der Waals surface area contributed by atoms with Gasteiger partial charge in [0.2, 0.25) is 11.7 Å². The van der Waals surface area contributed by atoms with Crippen molar-refractivity contribution in [3.63, 3.8) is 0 Å². The molecule has 0 aromatic heterocycles. The molecule has 6 nitrogen and oxygen atoms in total. The van der Waals surface area contributed by atoms with Crippen molar-refractivity contribution in [3.05, 3.63) is 17.7 Å². The van der Waals surface area contributed by atoms with Crippen LogP contribution in [0.4, 0.5) is 0 Å². The Morgan fingerprint density at radius 3 is 2.21 bits per heavy atom. The summed E-state index contributed by atoms with van der Waals surface area (Å²) >= 11 is 0. The lowest BCUT2D eigenvalue weighted by Crippen LogP contribution is -3.12. The maximum atomic E-state index is 13.0. The summed E-state index contributed by atoms with van der Waals surface area (Å²) in [6, 6.07) is 4.04. The van der Waals surface area contributed by atoms with E-state index >= 15 is 0 Å². The number of nitrogens with zero attached hydrogens (tertiary/aromatic N) is 1. The zero-order valence-electron chi connectivity index (χ0n) is 17.6. The maximum Gasteiger partial charge on any atom is 0.231 e. The summed E-state index contributed by atoms with van der Waals surface area (Å²) in [4.78, 5) is 16.6. The standard InChI is InChI=1S/C22H34N2O4/c1-26-19-13-17(14-20(27-2)21(19)28-3)15-23-10-8-9-18(16-23)22(25)24-11-6-4-5-7-12-24/h13-14,18H,4-12,15-16H2,1-3H3/p+1. The van der Waals surface area contributed by atoms with Gasteiger partial charge < -0.3 is 24.0 Å². The summed E-state index contributed by atoms with van der Waals surface area (Å²) in [5.74, 6) is 2.53. The summed E-state index contributed by atoms with van der Waals surface area (Å²) in [5.41, 5.74) is 1.15. The van der Waals surface area contributed by atoms with E-state index in [-0.39, 0.29) is 5.92 Å². The summed E-state index contributed by atoms with van der Waals surface area (Å²) in [6.07, 6.45) is 6.94. The molecule has 3 rings (SSSR count). The van der Waals surface area contributed by atoms with Crippen molar-refractivity contribution in [2.24, 2.45) is 5.92 Å². The van der Waals surface area contributed by atoms with Gasteiger partial charge in [0.05, 0.1) is 40.3 Å². The van der Waals surface area contributed by atoms with Gasteiger partial charge in [-0.2, -0.15) is 0 Å². The van der Waals surface area contributed by atoms with Crippen molar-refractivity contribution >= 4 is 5.91 Å². The second kappa shape index (κ2) is 10.0. The molecule has 0 radical (unpaired) electrons. The first-order valence-electron chi connectivity index (χ1n) is 10.6. The Kier molecular flexibility index (Phi) is 7.43. The summed E-state index contributed by atoms with van der Waals surface area (Å²) in [5, 5.41) is 0. The average Bonchev–Trinajstić information content (AvgIpc) is 3.02. The number of carbonyl (C=O) groups excluding carboxylic acids is 1. The molecule has 2 saturated heterocycles. The van der Waals surface area contributed by atoms with Gasteiger partial charge in [0.1, 0.15) is 6.54 Å².